The van der Waals surface area contributed by atoms with Crippen LogP contribution >= 0.6 is 0 Å². The molecule has 1 N–H and O–H groups in total. The van der Waals surface area contributed by atoms with Gasteiger partial charge in [-0.25, -0.2) is 0 Å². The van der Waals surface area contributed by atoms with Crippen LogP contribution in [0, 0.1) is 0 Å². The number of nitrogens with one attached hydrogen (secondary N) is 1. The highest BCUT2D eigenvalue weighted by Gasteiger charge is 2.23. The van der Waals surface area contributed by atoms with E-state index >= 15 is 0 Å². The average molecular weight is 365 g/mol. The van der Waals surface area contributed by atoms with Crippen LogP contribution in [0.25, 0.3) is 0 Å². The third-order valence-corrected chi connectivity index (χ3v) is 5.18. The molecule has 0 radical (unpaired) electrons. The highest BCUT2D eigenvalue weighted by molar-refractivity contribution is 5.99. The molecule has 1 aromatic heterocycles. The first-order valence-corrected chi connectivity index (χ1v) is 9.41. The van der Waals surface area contributed by atoms with E-state index in [2.05, 4.69) is 22.4 Å². The van der Waals surface area contributed by atoms with E-state index < -0.39 is 0 Å². The lowest BCUT2D eigenvalue weighted by atomic mass is 9.99. The van der Waals surface area contributed by atoms with E-state index in [0.717, 1.165) is 25.9 Å². The molecule has 1 saturated heterocycles. The fraction of sp³-hybridized carbons (Fsp3) is 0.381. The summed E-state index contributed by atoms with van der Waals surface area (Å²) < 4.78 is 5.52. The smallest absolute Gasteiger partial charge is 0.255 e. The Kier molecular flexibility index (Phi) is 5.16. The Morgan fingerprint density at radius 2 is 2.00 bits per heavy atom. The lowest BCUT2D eigenvalue weighted by molar-refractivity contribution is 0.0734. The average Bonchev–Trinajstić information content (AvgIpc) is 3.25. The fourth-order valence-corrected chi connectivity index (χ4v) is 3.65. The number of pyridine rings is 1. The lowest BCUT2D eigenvalue weighted by Crippen LogP contribution is -2.36. The van der Waals surface area contributed by atoms with Gasteiger partial charge in [0.2, 0.25) is 0 Å². The Morgan fingerprint density at radius 1 is 1.19 bits per heavy atom. The molecule has 1 fully saturated rings. The van der Waals surface area contributed by atoms with Crippen molar-refractivity contribution in [3.8, 4) is 0 Å². The van der Waals surface area contributed by atoms with Crippen LogP contribution in [-0.4, -0.2) is 47.5 Å². The first-order chi connectivity index (χ1) is 13.2. The molecule has 0 spiro atoms. The van der Waals surface area contributed by atoms with Gasteiger partial charge >= 0.3 is 0 Å². The van der Waals surface area contributed by atoms with E-state index in [1.807, 2.05) is 17.0 Å². The number of ether oxygens (including phenoxy) is 1. The van der Waals surface area contributed by atoms with Gasteiger partial charge in [-0.15, -0.1) is 0 Å². The predicted molar refractivity (Wildman–Crippen MR) is 100 cm³/mol. The number of carbonyl (C=O) groups excluding carboxylic acids is 2. The Labute approximate surface area is 158 Å². The third kappa shape index (κ3) is 4.01. The number of rotatable bonds is 4. The van der Waals surface area contributed by atoms with Crippen molar-refractivity contribution < 1.29 is 14.3 Å². The van der Waals surface area contributed by atoms with E-state index in [9.17, 15) is 9.59 Å². The van der Waals surface area contributed by atoms with Gasteiger partial charge in [0.1, 0.15) is 0 Å². The minimum absolute atomic E-state index is 0.0835. The van der Waals surface area contributed by atoms with Gasteiger partial charge in [-0.3, -0.25) is 14.6 Å². The zero-order chi connectivity index (χ0) is 18.6. The second-order valence-corrected chi connectivity index (χ2v) is 7.05. The number of aromatic nitrogens is 1. The molecule has 27 heavy (non-hydrogen) atoms. The summed E-state index contributed by atoms with van der Waals surface area (Å²) in [7, 11) is 0. The van der Waals surface area contributed by atoms with E-state index in [1.165, 1.54) is 23.5 Å². The molecule has 2 amide bonds. The summed E-state index contributed by atoms with van der Waals surface area (Å²) in [4.78, 5) is 31.2. The topological polar surface area (TPSA) is 71.5 Å². The normalized spacial score (nSPS) is 18.8. The second kappa shape index (κ2) is 7.88. The molecule has 3 heterocycles. The van der Waals surface area contributed by atoms with E-state index in [1.54, 1.807) is 6.07 Å². The summed E-state index contributed by atoms with van der Waals surface area (Å²) in [5, 5.41) is 2.87. The largest absolute Gasteiger partial charge is 0.376 e. The van der Waals surface area contributed by atoms with Gasteiger partial charge in [0.05, 0.1) is 17.2 Å². The van der Waals surface area contributed by atoms with Crippen LogP contribution in [0.1, 0.15) is 44.7 Å². The number of fused-ring (bicyclic) bond motifs is 1. The predicted octanol–water partition coefficient (Wildman–Crippen LogP) is 2.19. The van der Waals surface area contributed by atoms with Crippen LogP contribution in [0.15, 0.2) is 42.7 Å². The van der Waals surface area contributed by atoms with Crippen LogP contribution < -0.4 is 5.32 Å². The number of amides is 2. The molecule has 0 aliphatic carbocycles. The second-order valence-electron chi connectivity index (χ2n) is 7.05. The summed E-state index contributed by atoms with van der Waals surface area (Å²) in [6.07, 6.45) is 5.95. The van der Waals surface area contributed by atoms with Gasteiger partial charge in [-0.05, 0) is 36.5 Å². The summed E-state index contributed by atoms with van der Waals surface area (Å²) in [5.41, 5.74) is 3.31. The number of nitrogens with zero attached hydrogens (tertiary/aromatic N) is 2. The van der Waals surface area contributed by atoms with E-state index in [0.29, 0.717) is 30.8 Å². The standard InChI is InChI=1S/C21H23N3O3/c25-20(23-13-19-6-3-9-27-19)17-10-18(12-22-11-17)21(26)24-8-7-15-4-1-2-5-16(15)14-24/h1-2,4-5,10-12,19H,3,6-9,13-14H2,(H,23,25). The van der Waals surface area contributed by atoms with E-state index in [4.69, 9.17) is 4.74 Å². The molecular weight excluding hydrogens is 342 g/mol. The van der Waals surface area contributed by atoms with Crippen LogP contribution in [0.2, 0.25) is 0 Å². The molecule has 1 unspecified atom stereocenters. The minimum Gasteiger partial charge on any atom is -0.376 e. The lowest BCUT2D eigenvalue weighted by Gasteiger charge is -2.28. The Morgan fingerprint density at radius 3 is 2.81 bits per heavy atom. The van der Waals surface area contributed by atoms with Gasteiger partial charge in [0.25, 0.3) is 11.8 Å². The SMILES string of the molecule is O=C(NCC1CCCO1)c1cncc(C(=O)N2CCc3ccccc3C2)c1. The van der Waals surface area contributed by atoms with Crippen molar-refractivity contribution in [1.82, 2.24) is 15.2 Å². The van der Waals surface area contributed by atoms with Crippen molar-refractivity contribution in [3.63, 3.8) is 0 Å². The number of hydrogen-bond acceptors (Lipinski definition) is 4. The molecule has 0 saturated carbocycles. The number of benzene rings is 1. The van der Waals surface area contributed by atoms with Gasteiger partial charge in [-0.1, -0.05) is 24.3 Å². The first kappa shape index (κ1) is 17.7. The van der Waals surface area contributed by atoms with Crippen molar-refractivity contribution >= 4 is 11.8 Å². The number of hydrogen-bond donors (Lipinski definition) is 1. The summed E-state index contributed by atoms with van der Waals surface area (Å²) in [5.74, 6) is -0.317. The maximum absolute atomic E-state index is 12.9. The Balaban J connectivity index is 1.42. The van der Waals surface area contributed by atoms with Crippen molar-refractivity contribution in [3.05, 3.63) is 65.0 Å². The van der Waals surface area contributed by atoms with Crippen LogP contribution in [0.4, 0.5) is 0 Å². The van der Waals surface area contributed by atoms with Crippen molar-refractivity contribution in [2.45, 2.75) is 31.9 Å². The van der Waals surface area contributed by atoms with Crippen molar-refractivity contribution in [2.75, 3.05) is 19.7 Å². The molecule has 1 aromatic carbocycles. The van der Waals surface area contributed by atoms with E-state index in [-0.39, 0.29) is 17.9 Å². The van der Waals surface area contributed by atoms with Crippen molar-refractivity contribution in [2.24, 2.45) is 0 Å². The highest BCUT2D eigenvalue weighted by Crippen LogP contribution is 2.20. The third-order valence-electron chi connectivity index (χ3n) is 5.18. The first-order valence-electron chi connectivity index (χ1n) is 9.41. The van der Waals surface area contributed by atoms with Crippen LogP contribution in [0.5, 0.6) is 0 Å². The van der Waals surface area contributed by atoms with Gasteiger partial charge in [0, 0.05) is 38.6 Å². The van der Waals surface area contributed by atoms with Crippen molar-refractivity contribution in [1.29, 1.82) is 0 Å². The molecule has 2 aromatic rings. The summed E-state index contributed by atoms with van der Waals surface area (Å²) >= 11 is 0. The molecule has 2 aliphatic rings. The fourth-order valence-electron chi connectivity index (χ4n) is 3.65. The zero-order valence-electron chi connectivity index (χ0n) is 15.2. The van der Waals surface area contributed by atoms with Crippen LogP contribution in [-0.2, 0) is 17.7 Å². The molecule has 6 heteroatoms. The molecule has 140 valence electrons. The molecule has 6 nitrogen and oxygen atoms in total. The molecular formula is C21H23N3O3. The van der Waals surface area contributed by atoms with Gasteiger partial charge in [-0.2, -0.15) is 0 Å². The Hall–Kier alpha value is -2.73. The quantitative estimate of drug-likeness (QED) is 0.902. The van der Waals surface area contributed by atoms with Gasteiger partial charge in [0.15, 0.2) is 0 Å². The summed E-state index contributed by atoms with van der Waals surface area (Å²) in [6, 6.07) is 9.81. The Bertz CT molecular complexity index is 846. The maximum Gasteiger partial charge on any atom is 0.255 e. The maximum atomic E-state index is 12.9. The molecule has 4 rings (SSSR count). The molecule has 0 bridgehead atoms. The summed E-state index contributed by atoms with van der Waals surface area (Å²) in [6.45, 7) is 2.50. The van der Waals surface area contributed by atoms with Crippen LogP contribution in [0.3, 0.4) is 0 Å². The minimum atomic E-state index is -0.225. The van der Waals surface area contributed by atoms with Gasteiger partial charge < -0.3 is 15.0 Å². The molecule has 2 aliphatic heterocycles. The monoisotopic (exact) mass is 365 g/mol. The molecule has 1 atom stereocenters. The highest BCUT2D eigenvalue weighted by atomic mass is 16.5. The zero-order valence-corrected chi connectivity index (χ0v) is 15.2. The number of carbonyl (C=O) groups is 2.